The number of methoxy groups -OCH3 is 1. The van der Waals surface area contributed by atoms with E-state index in [4.69, 9.17) is 16.6 Å². The summed E-state index contributed by atoms with van der Waals surface area (Å²) in [6.07, 6.45) is -4.43. The predicted molar refractivity (Wildman–Crippen MR) is 54.3 cm³/mol. The van der Waals surface area contributed by atoms with Gasteiger partial charge in [-0.3, -0.25) is 4.79 Å². The number of carbonyl (C=O) groups is 1. The Hall–Kier alpha value is -0.730. The van der Waals surface area contributed by atoms with Crippen molar-refractivity contribution in [3.8, 4) is 0 Å². The first-order valence-corrected chi connectivity index (χ1v) is 4.83. The van der Waals surface area contributed by atoms with Crippen LogP contribution in [0, 0.1) is 0 Å². The highest BCUT2D eigenvalue weighted by atomic mass is 16.7. The molecule has 0 radical (unpaired) electrons. The minimum absolute atomic E-state index is 0.267. The number of aliphatic hydroxyl groups is 2. The van der Waals surface area contributed by atoms with Gasteiger partial charge >= 0.3 is 0 Å². The van der Waals surface area contributed by atoms with E-state index in [1.54, 1.807) is 0 Å². The molecular weight excluding hydrogens is 216 g/mol. The van der Waals surface area contributed by atoms with E-state index < -0.39 is 36.6 Å². The molecule has 0 saturated carbocycles. The Kier molecular flexibility index (Phi) is 2.63. The van der Waals surface area contributed by atoms with Crippen LogP contribution in [-0.2, 0) is 14.3 Å². The molecule has 0 unspecified atom stereocenters. The molecule has 5 atom stereocenters. The highest BCUT2D eigenvalue weighted by Gasteiger charge is 2.44. The van der Waals surface area contributed by atoms with Crippen molar-refractivity contribution in [2.24, 2.45) is 5.72 Å². The molecule has 5 N–H and O–H groups in total. The van der Waals surface area contributed by atoms with Gasteiger partial charge < -0.3 is 30.7 Å². The number of rotatable bonds is 6. The van der Waals surface area contributed by atoms with Crippen molar-refractivity contribution in [1.29, 1.82) is 2.86 Å². The molecule has 1 rings (SSSR count). The van der Waals surface area contributed by atoms with E-state index in [0.717, 1.165) is 6.92 Å². The standard InChI is InChI=1S/C9H18N2O5/c1-4(12)11-6-7(13)5(3-10)16-9(15-2)8(6)14/h5-9,13-14H,3,10H2,1-2H3,(H,11,12)/t5-,6+,7-,8-,9+/m1/s1/i13D,14D/hD3. The van der Waals surface area contributed by atoms with Gasteiger partial charge in [0, 0.05) is 20.6 Å². The molecule has 1 heterocycles. The summed E-state index contributed by atoms with van der Waals surface area (Å²) in [5.74, 6) is -0.645. The zero-order valence-electron chi connectivity index (χ0n) is 14.0. The maximum atomic E-state index is 11.4. The summed E-state index contributed by atoms with van der Waals surface area (Å²) < 4.78 is 46.6. The average molecular weight is 239 g/mol. The number of hydrogen-bond donors (Lipinski definition) is 4. The van der Waals surface area contributed by atoms with Crippen LogP contribution in [0.2, 0.25) is 4.24 Å². The highest BCUT2D eigenvalue weighted by Crippen LogP contribution is 2.21. The Balaban J connectivity index is 3.10. The van der Waals surface area contributed by atoms with Crippen molar-refractivity contribution in [1.82, 2.24) is 5.31 Å². The fraction of sp³-hybridized carbons (Fsp3) is 0.889. The second-order valence-electron chi connectivity index (χ2n) is 3.53. The number of ether oxygens (including phenoxy) is 2. The molecule has 0 aromatic carbocycles. The lowest BCUT2D eigenvalue weighted by molar-refractivity contribution is -0.263. The van der Waals surface area contributed by atoms with Gasteiger partial charge in [-0.2, -0.15) is 0 Å². The summed E-state index contributed by atoms with van der Waals surface area (Å²) in [7, 11) is 1.29. The molecule has 1 amide bonds. The lowest BCUT2D eigenvalue weighted by atomic mass is 9.96. The first kappa shape index (κ1) is 7.57. The first-order chi connectivity index (χ1) is 9.87. The minimum atomic E-state index is -1.17. The SMILES string of the molecule is [2H]O[C@H]1[C@@H](OC)O[C@H](CN([2H])[2H])[C@@H](O[2H])[C@@H]1N([2H])C(C)=O. The van der Waals surface area contributed by atoms with Gasteiger partial charge in [0.1, 0.15) is 21.1 Å². The average Bonchev–Trinajstić information content (AvgIpc) is 2.44. The third kappa shape index (κ3) is 2.69. The molecule has 0 aromatic heterocycles. The van der Waals surface area contributed by atoms with Crippen molar-refractivity contribution in [3.05, 3.63) is 0 Å². The van der Waals surface area contributed by atoms with Gasteiger partial charge in [0.15, 0.2) is 7.70 Å². The Labute approximate surface area is 101 Å². The van der Waals surface area contributed by atoms with Crippen molar-refractivity contribution in [2.75, 3.05) is 13.7 Å². The van der Waals surface area contributed by atoms with Crippen LogP contribution < -0.4 is 11.0 Å². The zero-order chi connectivity index (χ0) is 16.2. The van der Waals surface area contributed by atoms with Gasteiger partial charge in [-0.25, -0.2) is 0 Å². The van der Waals surface area contributed by atoms with Crippen LogP contribution in [0.1, 0.15) is 6.92 Å². The largest absolute Gasteiger partial charge is 0.388 e. The van der Waals surface area contributed by atoms with E-state index in [1.807, 2.05) is 0 Å². The number of amides is 1. The van der Waals surface area contributed by atoms with E-state index in [1.165, 1.54) is 7.11 Å². The molecular formula is C9H18N2O5. The van der Waals surface area contributed by atoms with Gasteiger partial charge in [-0.15, -0.1) is 0 Å². The highest BCUT2D eigenvalue weighted by molar-refractivity contribution is 5.73. The van der Waals surface area contributed by atoms with Gasteiger partial charge in [-0.1, -0.05) is 0 Å². The summed E-state index contributed by atoms with van der Waals surface area (Å²) in [5.41, 5.74) is 0.324. The lowest BCUT2D eigenvalue weighted by Gasteiger charge is -2.41. The second kappa shape index (κ2) is 5.55. The molecule has 94 valence electrons. The van der Waals surface area contributed by atoms with Crippen LogP contribution in [0.15, 0.2) is 0 Å². The van der Waals surface area contributed by atoms with Crippen LogP contribution in [0.3, 0.4) is 0 Å². The van der Waals surface area contributed by atoms with E-state index in [-0.39, 0.29) is 6.54 Å². The molecule has 0 spiro atoms. The monoisotopic (exact) mass is 239 g/mol. The molecule has 16 heavy (non-hydrogen) atoms. The van der Waals surface area contributed by atoms with Crippen molar-refractivity contribution < 1.29 is 28.7 Å². The third-order valence-corrected chi connectivity index (χ3v) is 2.36. The van der Waals surface area contributed by atoms with Crippen LogP contribution in [-0.4, -0.2) is 63.3 Å². The Bertz CT molecular complexity index is 352. The van der Waals surface area contributed by atoms with Crippen LogP contribution >= 0.6 is 0 Å². The normalized spacial score (nSPS) is 43.9. The topological polar surface area (TPSA) is 114 Å². The van der Waals surface area contributed by atoms with Crippen LogP contribution in [0.4, 0.5) is 0 Å². The van der Waals surface area contributed by atoms with Gasteiger partial charge in [-0.05, 0) is 0 Å². The summed E-state index contributed by atoms with van der Waals surface area (Å²) in [6.45, 7) is 0.874. The third-order valence-electron chi connectivity index (χ3n) is 2.36. The number of nitrogens with one attached hydrogen (secondary N) is 1. The smallest absolute Gasteiger partial charge is 0.217 e. The summed E-state index contributed by atoms with van der Waals surface area (Å²) in [5, 5.41) is 9.52. The summed E-state index contributed by atoms with van der Waals surface area (Å²) in [4.78, 5) is 11.4. The summed E-state index contributed by atoms with van der Waals surface area (Å²) in [6, 6.07) is -1.15. The molecule has 0 aliphatic carbocycles. The number of nitrogens with two attached hydrogens (primary N) is 1. The maximum Gasteiger partial charge on any atom is 0.217 e. The van der Waals surface area contributed by atoms with E-state index in [0.29, 0.717) is 11.0 Å². The zero-order valence-corrected chi connectivity index (χ0v) is 9.03. The van der Waals surface area contributed by atoms with Gasteiger partial charge in [0.2, 0.25) is 8.77 Å². The number of aliphatic hydroxyl groups excluding tert-OH is 2. The Morgan fingerprint density at radius 3 is 3.00 bits per heavy atom. The molecule has 1 saturated heterocycles. The van der Waals surface area contributed by atoms with Gasteiger partial charge in [0.25, 0.3) is 0 Å². The fourth-order valence-electron chi connectivity index (χ4n) is 1.59. The van der Waals surface area contributed by atoms with Crippen molar-refractivity contribution >= 4 is 5.91 Å². The maximum absolute atomic E-state index is 11.4. The molecule has 7 heteroatoms. The molecule has 0 bridgehead atoms. The predicted octanol–water partition coefficient (Wildman–Crippen LogP) is -2.46. The molecule has 7 nitrogen and oxygen atoms in total. The number of carbonyl (C=O) groups excluding carboxylic acids is 1. The molecule has 0 aromatic rings. The van der Waals surface area contributed by atoms with Gasteiger partial charge in [0.05, 0.1) is 6.04 Å². The molecule has 1 aliphatic heterocycles. The Morgan fingerprint density at radius 1 is 1.75 bits per heavy atom. The van der Waals surface area contributed by atoms with Crippen LogP contribution in [0.25, 0.3) is 0 Å². The second-order valence-corrected chi connectivity index (χ2v) is 3.53. The molecule has 1 aliphatic rings. The minimum Gasteiger partial charge on any atom is -0.388 e. The van der Waals surface area contributed by atoms with E-state index in [9.17, 15) is 4.79 Å². The van der Waals surface area contributed by atoms with Crippen LogP contribution in [0.5, 0.6) is 0 Å². The first-order valence-electron chi connectivity index (χ1n) is 6.99. The van der Waals surface area contributed by atoms with E-state index in [2.05, 4.69) is 10.2 Å². The quantitative estimate of drug-likeness (QED) is 0.409. The number of hydrogen-bond acceptors (Lipinski definition) is 6. The van der Waals surface area contributed by atoms with Crippen molar-refractivity contribution in [2.45, 2.75) is 37.6 Å². The van der Waals surface area contributed by atoms with E-state index >= 15 is 0 Å². The lowest BCUT2D eigenvalue weighted by Crippen LogP contribution is -2.65. The fourth-order valence-corrected chi connectivity index (χ4v) is 1.59. The Morgan fingerprint density at radius 2 is 2.50 bits per heavy atom. The molecule has 1 fully saturated rings. The van der Waals surface area contributed by atoms with Crippen molar-refractivity contribution in [3.63, 3.8) is 0 Å². The summed E-state index contributed by atoms with van der Waals surface area (Å²) >= 11 is 0.